The van der Waals surface area contributed by atoms with Gasteiger partial charge in [0.1, 0.15) is 5.82 Å². The van der Waals surface area contributed by atoms with Gasteiger partial charge < -0.3 is 10.6 Å². The Morgan fingerprint density at radius 3 is 2.67 bits per heavy atom. The van der Waals surface area contributed by atoms with E-state index in [1.54, 1.807) is 4.68 Å². The van der Waals surface area contributed by atoms with Crippen molar-refractivity contribution in [2.75, 3.05) is 16.4 Å². The molecule has 0 bridgehead atoms. The van der Waals surface area contributed by atoms with Gasteiger partial charge in [0, 0.05) is 11.6 Å². The van der Waals surface area contributed by atoms with Gasteiger partial charge in [0.2, 0.25) is 11.0 Å². The molecule has 0 saturated heterocycles. The molecule has 1 amide bonds. The minimum atomic E-state index is -0.113. The number of aryl methyl sites for hydroxylation is 1. The number of aromatic nitrogens is 4. The van der Waals surface area contributed by atoms with Crippen LogP contribution in [0.5, 0.6) is 0 Å². The molecular formula is C18H22N6OS2. The van der Waals surface area contributed by atoms with E-state index in [9.17, 15) is 4.79 Å². The molecule has 0 saturated carbocycles. The Bertz CT molecular complexity index is 914. The zero-order valence-corrected chi connectivity index (χ0v) is 17.3. The number of para-hydroxylation sites is 1. The lowest BCUT2D eigenvalue weighted by Crippen LogP contribution is -2.25. The number of nitrogens with zero attached hydrogens (tertiary/aromatic N) is 4. The quantitative estimate of drug-likeness (QED) is 0.607. The van der Waals surface area contributed by atoms with E-state index in [2.05, 4.69) is 46.7 Å². The highest BCUT2D eigenvalue weighted by atomic mass is 32.2. The van der Waals surface area contributed by atoms with E-state index in [0.717, 1.165) is 20.9 Å². The maximum atomic E-state index is 12.4. The van der Waals surface area contributed by atoms with Crippen LogP contribution in [0.25, 0.3) is 5.69 Å². The molecule has 3 rings (SSSR count). The third-order valence-corrected chi connectivity index (χ3v) is 5.29. The van der Waals surface area contributed by atoms with E-state index in [0.29, 0.717) is 5.82 Å². The summed E-state index contributed by atoms with van der Waals surface area (Å²) >= 11 is 2.81. The summed E-state index contributed by atoms with van der Waals surface area (Å²) in [6.45, 7) is 8.08. The predicted molar refractivity (Wildman–Crippen MR) is 111 cm³/mol. The topological polar surface area (TPSA) is 84.7 Å². The number of carbonyl (C=O) groups excluding carboxylic acids is 1. The second-order valence-electron chi connectivity index (χ2n) is 7.00. The average molecular weight is 403 g/mol. The van der Waals surface area contributed by atoms with Gasteiger partial charge in [0.25, 0.3) is 0 Å². The number of nitrogens with one attached hydrogen (secondary N) is 2. The summed E-state index contributed by atoms with van der Waals surface area (Å²) in [5.41, 5.74) is 1.66. The molecule has 9 heteroatoms. The van der Waals surface area contributed by atoms with Crippen LogP contribution >= 0.6 is 23.1 Å². The third-order valence-electron chi connectivity index (χ3n) is 3.31. The predicted octanol–water partition coefficient (Wildman–Crippen LogP) is 3.97. The molecule has 0 aliphatic rings. The fourth-order valence-corrected chi connectivity index (χ4v) is 4.06. The Kier molecular flexibility index (Phi) is 5.81. The molecule has 3 aromatic rings. The highest BCUT2D eigenvalue weighted by molar-refractivity contribution is 8.01. The molecule has 27 heavy (non-hydrogen) atoms. The molecule has 142 valence electrons. The van der Waals surface area contributed by atoms with Crippen LogP contribution < -0.4 is 10.6 Å². The second-order valence-corrected chi connectivity index (χ2v) is 9.20. The van der Waals surface area contributed by atoms with E-state index >= 15 is 0 Å². The first kappa shape index (κ1) is 19.4. The van der Waals surface area contributed by atoms with Crippen molar-refractivity contribution in [3.63, 3.8) is 0 Å². The van der Waals surface area contributed by atoms with Gasteiger partial charge in [-0.2, -0.15) is 5.10 Å². The molecule has 0 spiro atoms. The lowest BCUT2D eigenvalue weighted by atomic mass is 10.1. The van der Waals surface area contributed by atoms with Crippen molar-refractivity contribution in [2.24, 2.45) is 0 Å². The van der Waals surface area contributed by atoms with Crippen LogP contribution in [0, 0.1) is 6.92 Å². The minimum Gasteiger partial charge on any atom is -0.355 e. The number of hydrogen-bond acceptors (Lipinski definition) is 7. The van der Waals surface area contributed by atoms with Crippen LogP contribution in [0.3, 0.4) is 0 Å². The number of hydrogen-bond donors (Lipinski definition) is 2. The van der Waals surface area contributed by atoms with Crippen LogP contribution in [0.1, 0.15) is 26.5 Å². The molecule has 0 radical (unpaired) electrons. The molecule has 2 aromatic heterocycles. The monoisotopic (exact) mass is 402 g/mol. The first-order valence-electron chi connectivity index (χ1n) is 8.46. The van der Waals surface area contributed by atoms with Gasteiger partial charge >= 0.3 is 0 Å². The maximum Gasteiger partial charge on any atom is 0.235 e. The first-order valence-corrected chi connectivity index (χ1v) is 10.3. The van der Waals surface area contributed by atoms with Crippen LogP contribution in [-0.2, 0) is 4.79 Å². The molecule has 7 nitrogen and oxygen atoms in total. The maximum absolute atomic E-state index is 12.4. The summed E-state index contributed by atoms with van der Waals surface area (Å²) < 4.78 is 2.48. The van der Waals surface area contributed by atoms with Crippen molar-refractivity contribution in [3.8, 4) is 5.69 Å². The SMILES string of the molecule is Cc1cc(NC(=O)CSc2nnc(NC(C)(C)C)s2)n(-c2ccccc2)n1. The number of carbonyl (C=O) groups is 1. The number of thioether (sulfide) groups is 1. The van der Waals surface area contributed by atoms with Gasteiger partial charge in [0.05, 0.1) is 17.1 Å². The highest BCUT2D eigenvalue weighted by Crippen LogP contribution is 2.27. The normalized spacial score (nSPS) is 11.4. The molecule has 0 aliphatic carbocycles. The van der Waals surface area contributed by atoms with Crippen LogP contribution in [0.2, 0.25) is 0 Å². The Hall–Kier alpha value is -2.39. The molecule has 0 fully saturated rings. The first-order chi connectivity index (χ1) is 12.8. The smallest absolute Gasteiger partial charge is 0.235 e. The number of rotatable bonds is 6. The van der Waals surface area contributed by atoms with Gasteiger partial charge in [-0.15, -0.1) is 10.2 Å². The van der Waals surface area contributed by atoms with E-state index in [-0.39, 0.29) is 17.2 Å². The van der Waals surface area contributed by atoms with Gasteiger partial charge in [-0.25, -0.2) is 4.68 Å². The van der Waals surface area contributed by atoms with Crippen LogP contribution in [0.4, 0.5) is 10.9 Å². The number of amides is 1. The second kappa shape index (κ2) is 8.10. The van der Waals surface area contributed by atoms with Gasteiger partial charge in [0.15, 0.2) is 4.34 Å². The van der Waals surface area contributed by atoms with Crippen LogP contribution in [-0.4, -0.2) is 37.2 Å². The standard InChI is InChI=1S/C18H22N6OS2/c1-12-10-14(24(23-12)13-8-6-5-7-9-13)19-15(25)11-26-17-22-21-16(27-17)20-18(2,3)4/h5-10H,11H2,1-4H3,(H,19,25)(H,20,21). The van der Waals surface area contributed by atoms with Crippen molar-refractivity contribution in [3.05, 3.63) is 42.1 Å². The highest BCUT2D eigenvalue weighted by Gasteiger charge is 2.15. The van der Waals surface area contributed by atoms with E-state index < -0.39 is 0 Å². The van der Waals surface area contributed by atoms with Crippen molar-refractivity contribution in [1.82, 2.24) is 20.0 Å². The molecule has 0 atom stereocenters. The zero-order chi connectivity index (χ0) is 19.4. The van der Waals surface area contributed by atoms with Crippen molar-refractivity contribution in [2.45, 2.75) is 37.6 Å². The third kappa shape index (κ3) is 5.54. The summed E-state index contributed by atoms with van der Waals surface area (Å²) in [4.78, 5) is 12.4. The number of anilines is 2. The van der Waals surface area contributed by atoms with E-state index in [4.69, 9.17) is 0 Å². The van der Waals surface area contributed by atoms with Gasteiger partial charge in [-0.3, -0.25) is 4.79 Å². The molecule has 2 N–H and O–H groups in total. The average Bonchev–Trinajstić information content (AvgIpc) is 3.18. The summed E-state index contributed by atoms with van der Waals surface area (Å²) in [6.07, 6.45) is 0. The van der Waals surface area contributed by atoms with E-state index in [1.165, 1.54) is 23.1 Å². The Balaban J connectivity index is 1.61. The Morgan fingerprint density at radius 1 is 1.22 bits per heavy atom. The van der Waals surface area contributed by atoms with Gasteiger partial charge in [-0.05, 0) is 39.8 Å². The summed E-state index contributed by atoms with van der Waals surface area (Å²) in [6, 6.07) is 11.6. The fraction of sp³-hybridized carbons (Fsp3) is 0.333. The molecule has 0 unspecified atom stereocenters. The molecule has 1 aromatic carbocycles. The Labute approximate surface area is 166 Å². The molecule has 0 aliphatic heterocycles. The lowest BCUT2D eigenvalue weighted by molar-refractivity contribution is -0.113. The summed E-state index contributed by atoms with van der Waals surface area (Å²) in [7, 11) is 0. The zero-order valence-electron chi connectivity index (χ0n) is 15.7. The number of benzene rings is 1. The Morgan fingerprint density at radius 2 is 1.96 bits per heavy atom. The summed E-state index contributed by atoms with van der Waals surface area (Å²) in [5.74, 6) is 0.789. The van der Waals surface area contributed by atoms with Crippen LogP contribution in [0.15, 0.2) is 40.7 Å². The largest absolute Gasteiger partial charge is 0.355 e. The molecule has 2 heterocycles. The molecular weight excluding hydrogens is 380 g/mol. The van der Waals surface area contributed by atoms with E-state index in [1.807, 2.05) is 43.3 Å². The lowest BCUT2D eigenvalue weighted by Gasteiger charge is -2.18. The van der Waals surface area contributed by atoms with Crippen molar-refractivity contribution in [1.29, 1.82) is 0 Å². The van der Waals surface area contributed by atoms with Crippen molar-refractivity contribution >= 4 is 40.0 Å². The van der Waals surface area contributed by atoms with Gasteiger partial charge in [-0.1, -0.05) is 41.3 Å². The fourth-order valence-electron chi connectivity index (χ4n) is 2.30. The van der Waals surface area contributed by atoms with Crippen molar-refractivity contribution < 1.29 is 4.79 Å². The summed E-state index contributed by atoms with van der Waals surface area (Å²) in [5, 5.41) is 19.6. The minimum absolute atomic E-state index is 0.0768.